The highest BCUT2D eigenvalue weighted by Gasteiger charge is 2.13. The van der Waals surface area contributed by atoms with Crippen molar-refractivity contribution in [2.24, 2.45) is 5.14 Å². The lowest BCUT2D eigenvalue weighted by atomic mass is 10.2. The Morgan fingerprint density at radius 2 is 2.07 bits per heavy atom. The highest BCUT2D eigenvalue weighted by molar-refractivity contribution is 7.90. The van der Waals surface area contributed by atoms with Crippen LogP contribution in [-0.4, -0.2) is 26.5 Å². The molecule has 15 heavy (non-hydrogen) atoms. The first-order valence-electron chi connectivity index (χ1n) is 3.92. The van der Waals surface area contributed by atoms with Gasteiger partial charge in [-0.15, -0.1) is 0 Å². The molecule has 1 rings (SSSR count). The SMILES string of the molecule is CN(c1cccc(C(=O)O)c1)S(N)(=O)=O. The third-order valence-corrected chi connectivity index (χ3v) is 2.81. The largest absolute Gasteiger partial charge is 0.478 e. The van der Waals surface area contributed by atoms with E-state index < -0.39 is 16.2 Å². The lowest BCUT2D eigenvalue weighted by Crippen LogP contribution is -2.33. The number of nitrogens with zero attached hydrogens (tertiary/aromatic N) is 1. The Morgan fingerprint density at radius 3 is 2.53 bits per heavy atom. The Morgan fingerprint density at radius 1 is 1.47 bits per heavy atom. The molecule has 3 N–H and O–H groups in total. The summed E-state index contributed by atoms with van der Waals surface area (Å²) >= 11 is 0. The Bertz CT molecular complexity index is 483. The van der Waals surface area contributed by atoms with E-state index in [1.165, 1.54) is 31.3 Å². The number of nitrogens with two attached hydrogens (primary N) is 1. The van der Waals surface area contributed by atoms with E-state index in [4.69, 9.17) is 10.2 Å². The predicted molar refractivity (Wildman–Crippen MR) is 54.9 cm³/mol. The Hall–Kier alpha value is -1.60. The molecule has 0 spiro atoms. The van der Waals surface area contributed by atoms with E-state index in [0.29, 0.717) is 0 Å². The fourth-order valence-corrected chi connectivity index (χ4v) is 1.39. The summed E-state index contributed by atoms with van der Waals surface area (Å²) in [6.07, 6.45) is 0. The van der Waals surface area contributed by atoms with Gasteiger partial charge in [0.1, 0.15) is 0 Å². The lowest BCUT2D eigenvalue weighted by molar-refractivity contribution is 0.0697. The standard InChI is InChI=1S/C8H10N2O4S/c1-10(15(9,13)14)7-4-2-3-6(5-7)8(11)12/h2-5H,1H3,(H,11,12)(H2,9,13,14). The van der Waals surface area contributed by atoms with Gasteiger partial charge in [0, 0.05) is 7.05 Å². The van der Waals surface area contributed by atoms with Gasteiger partial charge in [-0.25, -0.2) is 9.93 Å². The molecule has 0 aliphatic carbocycles. The van der Waals surface area contributed by atoms with Crippen molar-refractivity contribution >= 4 is 21.9 Å². The lowest BCUT2D eigenvalue weighted by Gasteiger charge is -2.15. The van der Waals surface area contributed by atoms with Gasteiger partial charge in [0.05, 0.1) is 11.3 Å². The van der Waals surface area contributed by atoms with Crippen LogP contribution in [0.2, 0.25) is 0 Å². The molecule has 0 amide bonds. The third-order valence-electron chi connectivity index (χ3n) is 1.84. The second-order valence-electron chi connectivity index (χ2n) is 2.87. The van der Waals surface area contributed by atoms with Crippen LogP contribution in [-0.2, 0) is 10.2 Å². The fourth-order valence-electron chi connectivity index (χ4n) is 0.982. The number of rotatable bonds is 3. The maximum atomic E-state index is 11.0. The highest BCUT2D eigenvalue weighted by atomic mass is 32.2. The zero-order chi connectivity index (χ0) is 11.6. The summed E-state index contributed by atoms with van der Waals surface area (Å²) in [6.45, 7) is 0. The topological polar surface area (TPSA) is 101 Å². The van der Waals surface area contributed by atoms with Crippen molar-refractivity contribution in [3.8, 4) is 0 Å². The molecule has 82 valence electrons. The van der Waals surface area contributed by atoms with Crippen LogP contribution in [0.3, 0.4) is 0 Å². The second-order valence-corrected chi connectivity index (χ2v) is 4.45. The summed E-state index contributed by atoms with van der Waals surface area (Å²) in [5.74, 6) is -1.13. The fraction of sp³-hybridized carbons (Fsp3) is 0.125. The Labute approximate surface area is 87.1 Å². The van der Waals surface area contributed by atoms with Gasteiger partial charge in [0.25, 0.3) is 10.2 Å². The molecule has 0 heterocycles. The van der Waals surface area contributed by atoms with Gasteiger partial charge in [0.15, 0.2) is 0 Å². The van der Waals surface area contributed by atoms with Crippen LogP contribution in [0.1, 0.15) is 10.4 Å². The molecular weight excluding hydrogens is 220 g/mol. The maximum Gasteiger partial charge on any atom is 0.335 e. The molecule has 0 fully saturated rings. The number of benzene rings is 1. The Kier molecular flexibility index (Phi) is 2.96. The molecule has 0 bridgehead atoms. The molecule has 0 aliphatic rings. The summed E-state index contributed by atoms with van der Waals surface area (Å²) in [5.41, 5.74) is 0.209. The number of anilines is 1. The minimum atomic E-state index is -3.86. The molecule has 7 heteroatoms. The van der Waals surface area contributed by atoms with Crippen molar-refractivity contribution in [2.45, 2.75) is 0 Å². The summed E-state index contributed by atoms with van der Waals surface area (Å²) < 4.78 is 22.7. The number of hydrogen-bond donors (Lipinski definition) is 2. The van der Waals surface area contributed by atoms with E-state index >= 15 is 0 Å². The van der Waals surface area contributed by atoms with Crippen LogP contribution in [0.25, 0.3) is 0 Å². The van der Waals surface area contributed by atoms with Crippen molar-refractivity contribution in [2.75, 3.05) is 11.4 Å². The van der Waals surface area contributed by atoms with E-state index in [1.54, 1.807) is 0 Å². The van der Waals surface area contributed by atoms with Crippen LogP contribution in [0.5, 0.6) is 0 Å². The van der Waals surface area contributed by atoms with Gasteiger partial charge in [-0.1, -0.05) is 6.07 Å². The zero-order valence-corrected chi connectivity index (χ0v) is 8.73. The average Bonchev–Trinajstić information content (AvgIpc) is 2.15. The summed E-state index contributed by atoms with van der Waals surface area (Å²) in [7, 11) is -2.61. The molecule has 0 aromatic heterocycles. The van der Waals surface area contributed by atoms with Crippen molar-refractivity contribution in [3.05, 3.63) is 29.8 Å². The number of carboxylic acid groups (broad SMARTS) is 1. The van der Waals surface area contributed by atoms with E-state index in [-0.39, 0.29) is 11.3 Å². The molecule has 1 aromatic rings. The van der Waals surface area contributed by atoms with Crippen molar-refractivity contribution in [1.29, 1.82) is 0 Å². The van der Waals surface area contributed by atoms with Crippen LogP contribution in [0.4, 0.5) is 5.69 Å². The van der Waals surface area contributed by atoms with Crippen molar-refractivity contribution < 1.29 is 18.3 Å². The number of carbonyl (C=O) groups is 1. The first-order chi connectivity index (χ1) is 6.82. The maximum absolute atomic E-state index is 11.0. The Balaban J connectivity index is 3.17. The molecule has 1 aromatic carbocycles. The molecule has 6 nitrogen and oxygen atoms in total. The van der Waals surface area contributed by atoms with Gasteiger partial charge >= 0.3 is 5.97 Å². The number of hydrogen-bond acceptors (Lipinski definition) is 3. The molecule has 0 radical (unpaired) electrons. The minimum absolute atomic E-state index is 0.00278. The normalized spacial score (nSPS) is 11.1. The van der Waals surface area contributed by atoms with Gasteiger partial charge in [-0.2, -0.15) is 8.42 Å². The third kappa shape index (κ3) is 2.67. The second kappa shape index (κ2) is 3.87. The van der Waals surface area contributed by atoms with Crippen LogP contribution in [0, 0.1) is 0 Å². The van der Waals surface area contributed by atoms with Gasteiger partial charge in [-0.3, -0.25) is 4.31 Å². The number of aromatic carboxylic acids is 1. The van der Waals surface area contributed by atoms with Crippen LogP contribution < -0.4 is 9.44 Å². The quantitative estimate of drug-likeness (QED) is 0.764. The van der Waals surface area contributed by atoms with E-state index in [9.17, 15) is 13.2 Å². The van der Waals surface area contributed by atoms with E-state index in [2.05, 4.69) is 0 Å². The average molecular weight is 230 g/mol. The van der Waals surface area contributed by atoms with Crippen LogP contribution >= 0.6 is 0 Å². The van der Waals surface area contributed by atoms with Crippen molar-refractivity contribution in [1.82, 2.24) is 0 Å². The monoisotopic (exact) mass is 230 g/mol. The molecular formula is C8H10N2O4S. The van der Waals surface area contributed by atoms with E-state index in [1.807, 2.05) is 0 Å². The molecule has 0 atom stereocenters. The highest BCUT2D eigenvalue weighted by Crippen LogP contribution is 2.16. The predicted octanol–water partition coefficient (Wildman–Crippen LogP) is 0.0245. The van der Waals surface area contributed by atoms with Gasteiger partial charge in [-0.05, 0) is 18.2 Å². The van der Waals surface area contributed by atoms with E-state index in [0.717, 1.165) is 4.31 Å². The molecule has 0 aliphatic heterocycles. The van der Waals surface area contributed by atoms with Crippen LogP contribution in [0.15, 0.2) is 24.3 Å². The number of carboxylic acids is 1. The van der Waals surface area contributed by atoms with Crippen molar-refractivity contribution in [3.63, 3.8) is 0 Å². The van der Waals surface area contributed by atoms with Gasteiger partial charge < -0.3 is 5.11 Å². The molecule has 0 saturated heterocycles. The summed E-state index contributed by atoms with van der Waals surface area (Å²) in [6, 6.07) is 5.49. The molecule has 0 saturated carbocycles. The summed E-state index contributed by atoms with van der Waals surface area (Å²) in [4.78, 5) is 10.6. The minimum Gasteiger partial charge on any atom is -0.478 e. The smallest absolute Gasteiger partial charge is 0.335 e. The summed E-state index contributed by atoms with van der Waals surface area (Å²) in [5, 5.41) is 13.6. The molecule has 0 unspecified atom stereocenters. The first kappa shape index (κ1) is 11.5. The van der Waals surface area contributed by atoms with Gasteiger partial charge in [0.2, 0.25) is 0 Å². The zero-order valence-electron chi connectivity index (χ0n) is 7.91. The first-order valence-corrected chi connectivity index (χ1v) is 5.42.